The average molecular weight is 391 g/mol. The third kappa shape index (κ3) is 4.50. The molecule has 0 saturated carbocycles. The Morgan fingerprint density at radius 1 is 1.19 bits per heavy atom. The van der Waals surface area contributed by atoms with E-state index in [9.17, 15) is 9.59 Å². The fraction of sp³-hybridized carbons (Fsp3) is 0.167. The van der Waals surface area contributed by atoms with Crippen LogP contribution in [0.4, 0.5) is 5.13 Å². The van der Waals surface area contributed by atoms with Gasteiger partial charge in [0.2, 0.25) is 0 Å². The number of ether oxygens (including phenoxy) is 2. The maximum absolute atomic E-state index is 12.0. The number of nitrogens with zero attached hydrogens (tertiary/aromatic N) is 1. The van der Waals surface area contributed by atoms with E-state index in [4.69, 9.17) is 21.1 Å². The quantitative estimate of drug-likeness (QED) is 0.640. The van der Waals surface area contributed by atoms with Crippen molar-refractivity contribution in [2.75, 3.05) is 18.5 Å². The van der Waals surface area contributed by atoms with Crippen molar-refractivity contribution in [3.05, 3.63) is 53.1 Å². The Balaban J connectivity index is 1.63. The molecule has 1 amide bonds. The van der Waals surface area contributed by atoms with E-state index in [1.807, 2.05) is 0 Å². The predicted molar refractivity (Wildman–Crippen MR) is 101 cm³/mol. The Kier molecular flexibility index (Phi) is 5.70. The maximum atomic E-state index is 12.0. The fourth-order valence-corrected chi connectivity index (χ4v) is 3.20. The van der Waals surface area contributed by atoms with Crippen molar-refractivity contribution in [1.82, 2.24) is 4.98 Å². The highest BCUT2D eigenvalue weighted by Gasteiger charge is 2.12. The van der Waals surface area contributed by atoms with Gasteiger partial charge in [-0.15, -0.1) is 0 Å². The standard InChI is InChI=1S/C18H15ClN2O4S/c1-2-24-17(23)11-3-8-14-15(9-11)26-18(20-14)21-16(22)10-25-13-6-4-12(19)5-7-13/h3-9H,2,10H2,1H3,(H,20,21,22). The molecule has 2 aromatic carbocycles. The van der Waals surface area contributed by atoms with Gasteiger partial charge in [0.15, 0.2) is 11.7 Å². The molecule has 134 valence electrons. The third-order valence-corrected chi connectivity index (χ3v) is 4.52. The summed E-state index contributed by atoms with van der Waals surface area (Å²) in [6.45, 7) is 1.92. The van der Waals surface area contributed by atoms with Gasteiger partial charge in [-0.3, -0.25) is 10.1 Å². The molecule has 0 fully saturated rings. The molecule has 0 aliphatic carbocycles. The van der Waals surface area contributed by atoms with Crippen LogP contribution in [0, 0.1) is 0 Å². The number of halogens is 1. The summed E-state index contributed by atoms with van der Waals surface area (Å²) in [6, 6.07) is 11.8. The minimum absolute atomic E-state index is 0.147. The molecule has 0 atom stereocenters. The lowest BCUT2D eigenvalue weighted by molar-refractivity contribution is -0.118. The second kappa shape index (κ2) is 8.16. The number of carbonyl (C=O) groups excluding carboxylic acids is 2. The zero-order chi connectivity index (χ0) is 18.5. The molecule has 0 aliphatic heterocycles. The van der Waals surface area contributed by atoms with E-state index in [1.165, 1.54) is 11.3 Å². The van der Waals surface area contributed by atoms with E-state index < -0.39 is 0 Å². The van der Waals surface area contributed by atoms with Crippen LogP contribution in [0.25, 0.3) is 10.2 Å². The summed E-state index contributed by atoms with van der Waals surface area (Å²) in [5, 5.41) is 3.72. The molecule has 26 heavy (non-hydrogen) atoms. The van der Waals surface area contributed by atoms with Gasteiger partial charge in [0, 0.05) is 5.02 Å². The predicted octanol–water partition coefficient (Wildman–Crippen LogP) is 4.14. The number of amides is 1. The number of benzene rings is 2. The van der Waals surface area contributed by atoms with Crippen molar-refractivity contribution in [2.24, 2.45) is 0 Å². The number of carbonyl (C=O) groups is 2. The summed E-state index contributed by atoms with van der Waals surface area (Å²) < 4.78 is 11.2. The van der Waals surface area contributed by atoms with Gasteiger partial charge in [0.25, 0.3) is 5.91 Å². The van der Waals surface area contributed by atoms with Crippen molar-refractivity contribution in [3.63, 3.8) is 0 Å². The zero-order valence-corrected chi connectivity index (χ0v) is 15.4. The first-order chi connectivity index (χ1) is 12.5. The van der Waals surface area contributed by atoms with E-state index in [-0.39, 0.29) is 18.5 Å². The van der Waals surface area contributed by atoms with Gasteiger partial charge < -0.3 is 9.47 Å². The third-order valence-electron chi connectivity index (χ3n) is 3.33. The Labute approximate surface area is 158 Å². The lowest BCUT2D eigenvalue weighted by atomic mass is 10.2. The minimum atomic E-state index is -0.384. The van der Waals surface area contributed by atoms with E-state index in [2.05, 4.69) is 10.3 Å². The number of thiazole rings is 1. The zero-order valence-electron chi connectivity index (χ0n) is 13.8. The van der Waals surface area contributed by atoms with E-state index in [0.29, 0.717) is 33.6 Å². The highest BCUT2D eigenvalue weighted by molar-refractivity contribution is 7.22. The molecule has 6 nitrogen and oxygen atoms in total. The molecule has 0 bridgehead atoms. The first-order valence-corrected chi connectivity index (χ1v) is 9.00. The molecule has 1 aromatic heterocycles. The number of hydrogen-bond acceptors (Lipinski definition) is 6. The molecule has 0 saturated heterocycles. The summed E-state index contributed by atoms with van der Waals surface area (Å²) in [6.07, 6.45) is 0. The molecule has 3 aromatic rings. The minimum Gasteiger partial charge on any atom is -0.484 e. The van der Waals surface area contributed by atoms with Gasteiger partial charge in [0.05, 0.1) is 22.4 Å². The van der Waals surface area contributed by atoms with Crippen molar-refractivity contribution in [3.8, 4) is 5.75 Å². The van der Waals surface area contributed by atoms with Crippen LogP contribution in [0.5, 0.6) is 5.75 Å². The SMILES string of the molecule is CCOC(=O)c1ccc2nc(NC(=O)COc3ccc(Cl)cc3)sc2c1. The van der Waals surface area contributed by atoms with Crippen molar-refractivity contribution < 1.29 is 19.1 Å². The molecular formula is C18H15ClN2O4S. The van der Waals surface area contributed by atoms with Crippen LogP contribution >= 0.6 is 22.9 Å². The summed E-state index contributed by atoms with van der Waals surface area (Å²) in [5.74, 6) is -0.165. The number of fused-ring (bicyclic) bond motifs is 1. The van der Waals surface area contributed by atoms with Crippen LogP contribution < -0.4 is 10.1 Å². The van der Waals surface area contributed by atoms with Gasteiger partial charge in [-0.2, -0.15) is 0 Å². The Bertz CT molecular complexity index is 940. The molecule has 8 heteroatoms. The van der Waals surface area contributed by atoms with E-state index in [0.717, 1.165) is 4.70 Å². The Morgan fingerprint density at radius 2 is 1.96 bits per heavy atom. The highest BCUT2D eigenvalue weighted by atomic mass is 35.5. The summed E-state index contributed by atoms with van der Waals surface area (Å²) in [5.41, 5.74) is 1.14. The lowest BCUT2D eigenvalue weighted by Gasteiger charge is -2.05. The summed E-state index contributed by atoms with van der Waals surface area (Å²) in [4.78, 5) is 28.1. The van der Waals surface area contributed by atoms with Gasteiger partial charge in [-0.25, -0.2) is 9.78 Å². The van der Waals surface area contributed by atoms with E-state index in [1.54, 1.807) is 49.4 Å². The number of hydrogen-bond donors (Lipinski definition) is 1. The second-order valence-corrected chi connectivity index (χ2v) is 6.68. The van der Waals surface area contributed by atoms with Crippen LogP contribution in [-0.2, 0) is 9.53 Å². The largest absolute Gasteiger partial charge is 0.484 e. The average Bonchev–Trinajstić information content (AvgIpc) is 3.02. The van der Waals surface area contributed by atoms with Gasteiger partial charge in [-0.05, 0) is 49.4 Å². The van der Waals surface area contributed by atoms with Crippen LogP contribution in [0.2, 0.25) is 5.02 Å². The van der Waals surface area contributed by atoms with Crippen LogP contribution in [-0.4, -0.2) is 30.1 Å². The number of anilines is 1. The van der Waals surface area contributed by atoms with Crippen molar-refractivity contribution in [1.29, 1.82) is 0 Å². The maximum Gasteiger partial charge on any atom is 0.338 e. The molecule has 1 heterocycles. The van der Waals surface area contributed by atoms with Crippen molar-refractivity contribution >= 4 is 50.2 Å². The number of nitrogens with one attached hydrogen (secondary N) is 1. The van der Waals surface area contributed by atoms with Crippen LogP contribution in [0.3, 0.4) is 0 Å². The second-order valence-electron chi connectivity index (χ2n) is 5.21. The monoisotopic (exact) mass is 390 g/mol. The molecular weight excluding hydrogens is 376 g/mol. The Morgan fingerprint density at radius 3 is 2.69 bits per heavy atom. The van der Waals surface area contributed by atoms with Crippen molar-refractivity contribution in [2.45, 2.75) is 6.92 Å². The van der Waals surface area contributed by atoms with Crippen LogP contribution in [0.1, 0.15) is 17.3 Å². The molecule has 1 N–H and O–H groups in total. The lowest BCUT2D eigenvalue weighted by Crippen LogP contribution is -2.19. The summed E-state index contributed by atoms with van der Waals surface area (Å²) >= 11 is 7.07. The normalized spacial score (nSPS) is 10.5. The smallest absolute Gasteiger partial charge is 0.338 e. The Hall–Kier alpha value is -2.64. The van der Waals surface area contributed by atoms with Gasteiger partial charge >= 0.3 is 5.97 Å². The molecule has 0 unspecified atom stereocenters. The topological polar surface area (TPSA) is 77.5 Å². The summed E-state index contributed by atoms with van der Waals surface area (Å²) in [7, 11) is 0. The van der Waals surface area contributed by atoms with Crippen LogP contribution in [0.15, 0.2) is 42.5 Å². The number of aromatic nitrogens is 1. The first-order valence-electron chi connectivity index (χ1n) is 7.81. The molecule has 3 rings (SSSR count). The molecule has 0 radical (unpaired) electrons. The highest BCUT2D eigenvalue weighted by Crippen LogP contribution is 2.27. The van der Waals surface area contributed by atoms with Gasteiger partial charge in [-0.1, -0.05) is 22.9 Å². The first kappa shape index (κ1) is 18.2. The number of rotatable bonds is 6. The van der Waals surface area contributed by atoms with E-state index >= 15 is 0 Å². The van der Waals surface area contributed by atoms with Gasteiger partial charge in [0.1, 0.15) is 5.75 Å². The number of esters is 1. The molecule has 0 aliphatic rings. The molecule has 0 spiro atoms. The fourth-order valence-electron chi connectivity index (χ4n) is 2.15.